The smallest absolute Gasteiger partial charge is 0.220 e. The maximum absolute atomic E-state index is 12.9. The molecule has 0 aliphatic carbocycles. The van der Waals surface area contributed by atoms with Crippen molar-refractivity contribution in [3.8, 4) is 0 Å². The quantitative estimate of drug-likeness (QED) is 0.0263. The van der Waals surface area contributed by atoms with Crippen molar-refractivity contribution < 1.29 is 39.8 Å². The van der Waals surface area contributed by atoms with Gasteiger partial charge in [0.15, 0.2) is 6.29 Å². The van der Waals surface area contributed by atoms with Gasteiger partial charge in [-0.15, -0.1) is 0 Å². The number of allylic oxidation sites excluding steroid dienone is 4. The van der Waals surface area contributed by atoms with Gasteiger partial charge in [-0.2, -0.15) is 0 Å². The minimum atomic E-state index is -1.55. The first-order valence-corrected chi connectivity index (χ1v) is 25.0. The van der Waals surface area contributed by atoms with E-state index in [0.29, 0.717) is 12.8 Å². The molecule has 0 aromatic heterocycles. The molecule has 6 N–H and O–H groups in total. The van der Waals surface area contributed by atoms with Crippen molar-refractivity contribution in [2.45, 2.75) is 275 Å². The number of amides is 1. The Morgan fingerprint density at radius 3 is 1.46 bits per heavy atom. The normalized spacial score (nSPS) is 20.8. The molecule has 1 saturated heterocycles. The summed E-state index contributed by atoms with van der Waals surface area (Å²) in [7, 11) is 0. The fourth-order valence-electron chi connectivity index (χ4n) is 8.02. The van der Waals surface area contributed by atoms with Crippen LogP contribution in [0.5, 0.6) is 0 Å². The van der Waals surface area contributed by atoms with E-state index in [1.807, 2.05) is 0 Å². The zero-order chi connectivity index (χ0) is 43.0. The van der Waals surface area contributed by atoms with E-state index in [1.165, 1.54) is 148 Å². The second kappa shape index (κ2) is 40.7. The number of nitrogens with one attached hydrogen (secondary N) is 1. The van der Waals surface area contributed by atoms with Crippen LogP contribution < -0.4 is 5.32 Å². The summed E-state index contributed by atoms with van der Waals surface area (Å²) in [5.41, 5.74) is 0. The second-order valence-corrected chi connectivity index (χ2v) is 17.6. The molecule has 348 valence electrons. The molecule has 0 aromatic carbocycles. The van der Waals surface area contributed by atoms with Crippen molar-refractivity contribution >= 4 is 5.91 Å². The van der Waals surface area contributed by atoms with Crippen LogP contribution in [0.15, 0.2) is 24.3 Å². The number of carbonyl (C=O) groups excluding carboxylic acids is 1. The van der Waals surface area contributed by atoms with Gasteiger partial charge in [-0.25, -0.2) is 0 Å². The molecule has 9 heteroatoms. The molecule has 1 heterocycles. The molecule has 9 nitrogen and oxygen atoms in total. The largest absolute Gasteiger partial charge is 0.394 e. The molecule has 0 spiro atoms. The Bertz CT molecular complexity index is 977. The van der Waals surface area contributed by atoms with Gasteiger partial charge >= 0.3 is 0 Å². The molecule has 1 rings (SSSR count). The van der Waals surface area contributed by atoms with E-state index in [1.54, 1.807) is 0 Å². The zero-order valence-corrected chi connectivity index (χ0v) is 38.3. The molecule has 1 aliphatic heterocycles. The lowest BCUT2D eigenvalue weighted by atomic mass is 9.99. The van der Waals surface area contributed by atoms with Gasteiger partial charge in [0.2, 0.25) is 5.91 Å². The summed E-state index contributed by atoms with van der Waals surface area (Å²) in [4.78, 5) is 12.9. The zero-order valence-electron chi connectivity index (χ0n) is 38.3. The van der Waals surface area contributed by atoms with Gasteiger partial charge in [0, 0.05) is 6.42 Å². The Hall–Kier alpha value is -1.33. The van der Waals surface area contributed by atoms with E-state index in [0.717, 1.165) is 57.8 Å². The minimum Gasteiger partial charge on any atom is -0.394 e. The molecule has 1 amide bonds. The van der Waals surface area contributed by atoms with Gasteiger partial charge in [-0.3, -0.25) is 4.79 Å². The number of aliphatic hydroxyl groups excluding tert-OH is 5. The Morgan fingerprint density at radius 2 is 1.00 bits per heavy atom. The summed E-state index contributed by atoms with van der Waals surface area (Å²) in [5, 5.41) is 53.9. The average molecular weight is 838 g/mol. The molecule has 0 bridgehead atoms. The number of ether oxygens (including phenoxy) is 2. The summed E-state index contributed by atoms with van der Waals surface area (Å²) >= 11 is 0. The molecule has 1 fully saturated rings. The molecular weight excluding hydrogens is 743 g/mol. The van der Waals surface area contributed by atoms with Gasteiger partial charge in [-0.05, 0) is 44.9 Å². The van der Waals surface area contributed by atoms with E-state index >= 15 is 0 Å². The molecule has 59 heavy (non-hydrogen) atoms. The standard InChI is InChI=1S/C50H95NO8/c1-3-5-7-9-10-11-12-13-14-15-16-17-18-19-20-21-22-23-24-25-26-27-28-29-30-31-32-33-34-36-38-40-46(54)51-43(44(53)39-37-35-8-6-4-2)42-58-50-49(57)48(56)47(55)45(41-52)59-50/h12-13,15-16,43-45,47-50,52-53,55-57H,3-11,14,17-42H2,1-2H3,(H,51,54)/b13-12-,16-15-. The monoisotopic (exact) mass is 838 g/mol. The van der Waals surface area contributed by atoms with Crippen LogP contribution in [0.25, 0.3) is 0 Å². The average Bonchev–Trinajstić information content (AvgIpc) is 3.23. The third-order valence-electron chi connectivity index (χ3n) is 12.1. The minimum absolute atomic E-state index is 0.137. The highest BCUT2D eigenvalue weighted by Gasteiger charge is 2.44. The highest BCUT2D eigenvalue weighted by atomic mass is 16.7. The van der Waals surface area contributed by atoms with Crippen LogP contribution >= 0.6 is 0 Å². The first-order valence-electron chi connectivity index (χ1n) is 25.0. The van der Waals surface area contributed by atoms with Crippen molar-refractivity contribution in [2.24, 2.45) is 0 Å². The Labute approximate surface area is 362 Å². The molecule has 1 aliphatic rings. The first-order chi connectivity index (χ1) is 28.8. The second-order valence-electron chi connectivity index (χ2n) is 17.6. The summed E-state index contributed by atoms with van der Waals surface area (Å²) in [6.45, 7) is 3.74. The topological polar surface area (TPSA) is 149 Å². The van der Waals surface area contributed by atoms with E-state index in [4.69, 9.17) is 9.47 Å². The number of unbranched alkanes of at least 4 members (excludes halogenated alkanes) is 28. The molecule has 7 unspecified atom stereocenters. The van der Waals surface area contributed by atoms with Crippen LogP contribution in [0, 0.1) is 0 Å². The van der Waals surface area contributed by atoms with Crippen LogP contribution in [0.4, 0.5) is 0 Å². The number of hydrogen-bond acceptors (Lipinski definition) is 8. The van der Waals surface area contributed by atoms with Crippen LogP contribution in [0.1, 0.15) is 232 Å². The van der Waals surface area contributed by atoms with E-state index in [2.05, 4.69) is 43.5 Å². The third-order valence-corrected chi connectivity index (χ3v) is 12.1. The number of rotatable bonds is 42. The SMILES string of the molecule is CCCCCCC/C=C\C/C=C\CCCCCCCCCCCCCCCCCCCCCC(=O)NC(COC1OC(CO)C(O)C(O)C1O)C(O)CCCCCCC. The van der Waals surface area contributed by atoms with Crippen LogP contribution in [-0.4, -0.2) is 87.5 Å². The highest BCUT2D eigenvalue weighted by Crippen LogP contribution is 2.23. The van der Waals surface area contributed by atoms with Crippen LogP contribution in [0.3, 0.4) is 0 Å². The summed E-state index contributed by atoms with van der Waals surface area (Å²) < 4.78 is 11.2. The molecule has 0 saturated carbocycles. The molecular formula is C50H95NO8. The van der Waals surface area contributed by atoms with Crippen molar-refractivity contribution in [2.75, 3.05) is 13.2 Å². The maximum Gasteiger partial charge on any atom is 0.220 e. The summed E-state index contributed by atoms with van der Waals surface area (Å²) in [6, 6.07) is -0.712. The number of aliphatic hydroxyl groups is 5. The van der Waals surface area contributed by atoms with Gasteiger partial charge in [0.25, 0.3) is 0 Å². The Balaban J connectivity index is 2.02. The number of hydrogen-bond donors (Lipinski definition) is 6. The fourth-order valence-corrected chi connectivity index (χ4v) is 8.02. The van der Waals surface area contributed by atoms with Crippen molar-refractivity contribution in [1.82, 2.24) is 5.32 Å². The van der Waals surface area contributed by atoms with Gasteiger partial charge in [0.05, 0.1) is 25.4 Å². The third kappa shape index (κ3) is 31.2. The van der Waals surface area contributed by atoms with E-state index < -0.39 is 49.5 Å². The highest BCUT2D eigenvalue weighted by molar-refractivity contribution is 5.76. The predicted octanol–water partition coefficient (Wildman–Crippen LogP) is 11.1. The number of carbonyl (C=O) groups is 1. The molecule has 0 radical (unpaired) electrons. The molecule has 0 aromatic rings. The summed E-state index contributed by atoms with van der Waals surface area (Å²) in [6.07, 6.45) is 42.7. The maximum atomic E-state index is 12.9. The van der Waals surface area contributed by atoms with Crippen molar-refractivity contribution in [3.05, 3.63) is 24.3 Å². The first kappa shape index (κ1) is 55.7. The van der Waals surface area contributed by atoms with Crippen LogP contribution in [-0.2, 0) is 14.3 Å². The van der Waals surface area contributed by atoms with Gasteiger partial charge in [-0.1, -0.05) is 205 Å². The van der Waals surface area contributed by atoms with Gasteiger partial charge in [0.1, 0.15) is 24.4 Å². The molecule has 7 atom stereocenters. The van der Waals surface area contributed by atoms with E-state index in [9.17, 15) is 30.3 Å². The Kier molecular flexibility index (Phi) is 38.4. The fraction of sp³-hybridized carbons (Fsp3) is 0.900. The Morgan fingerprint density at radius 1 is 0.576 bits per heavy atom. The van der Waals surface area contributed by atoms with Gasteiger partial charge < -0.3 is 40.3 Å². The van der Waals surface area contributed by atoms with E-state index in [-0.39, 0.29) is 12.5 Å². The van der Waals surface area contributed by atoms with Crippen molar-refractivity contribution in [3.63, 3.8) is 0 Å². The lowest BCUT2D eigenvalue weighted by molar-refractivity contribution is -0.302. The van der Waals surface area contributed by atoms with Crippen LogP contribution in [0.2, 0.25) is 0 Å². The summed E-state index contributed by atoms with van der Waals surface area (Å²) in [5.74, 6) is -0.149. The van der Waals surface area contributed by atoms with Crippen molar-refractivity contribution in [1.29, 1.82) is 0 Å². The lowest BCUT2D eigenvalue weighted by Gasteiger charge is -2.40. The lowest BCUT2D eigenvalue weighted by Crippen LogP contribution is -2.60. The predicted molar refractivity (Wildman–Crippen MR) is 244 cm³/mol.